The van der Waals surface area contributed by atoms with Gasteiger partial charge in [0, 0.05) is 44.5 Å². The van der Waals surface area contributed by atoms with Gasteiger partial charge in [-0.2, -0.15) is 0 Å². The van der Waals surface area contributed by atoms with Gasteiger partial charge in [0.2, 0.25) is 11.9 Å². The van der Waals surface area contributed by atoms with Crippen LogP contribution in [0.4, 0.5) is 5.69 Å². The number of hydrogen-bond donors (Lipinski definition) is 2. The summed E-state index contributed by atoms with van der Waals surface area (Å²) in [6.45, 7) is 6.32. The van der Waals surface area contributed by atoms with Crippen molar-refractivity contribution in [2.24, 2.45) is 5.73 Å². The molecule has 8 heteroatoms. The van der Waals surface area contributed by atoms with E-state index in [4.69, 9.17) is 15.2 Å². The van der Waals surface area contributed by atoms with Crippen molar-refractivity contribution in [1.29, 1.82) is 0 Å². The molecule has 1 fully saturated rings. The summed E-state index contributed by atoms with van der Waals surface area (Å²) >= 11 is 0. The summed E-state index contributed by atoms with van der Waals surface area (Å²) in [5.74, 6) is -0.534. The average molecular weight is 425 g/mol. The van der Waals surface area contributed by atoms with Gasteiger partial charge < -0.3 is 25.2 Å². The Labute approximate surface area is 181 Å². The molecule has 2 heterocycles. The number of anilines is 1. The van der Waals surface area contributed by atoms with E-state index in [9.17, 15) is 14.7 Å². The van der Waals surface area contributed by atoms with Crippen molar-refractivity contribution in [3.05, 3.63) is 53.6 Å². The molecule has 8 nitrogen and oxygen atoms in total. The number of Topliss-reactive ketones (excluding diaryl/α,β-unsaturated/α-hetero) is 1. The maximum atomic E-state index is 12.1. The lowest BCUT2D eigenvalue weighted by molar-refractivity contribution is -0.122. The number of aliphatic hydroxyl groups excluding tert-OH is 1. The van der Waals surface area contributed by atoms with Crippen LogP contribution in [0.15, 0.2) is 42.5 Å². The topological polar surface area (TPSA) is 105 Å². The molecule has 4 rings (SSSR count). The Balaban J connectivity index is 1.25. The Morgan fingerprint density at radius 1 is 1.23 bits per heavy atom. The predicted octanol–water partition coefficient (Wildman–Crippen LogP) is 0.986. The van der Waals surface area contributed by atoms with Crippen molar-refractivity contribution < 1.29 is 24.2 Å². The zero-order chi connectivity index (χ0) is 22.0. The molecular formula is C23H27N3O5. The zero-order valence-corrected chi connectivity index (χ0v) is 17.5. The van der Waals surface area contributed by atoms with Crippen LogP contribution in [0.2, 0.25) is 0 Å². The van der Waals surface area contributed by atoms with E-state index in [-0.39, 0.29) is 12.4 Å². The van der Waals surface area contributed by atoms with E-state index in [2.05, 4.69) is 34.9 Å². The van der Waals surface area contributed by atoms with Gasteiger partial charge in [0.1, 0.15) is 24.2 Å². The molecule has 1 saturated heterocycles. The van der Waals surface area contributed by atoms with Crippen LogP contribution in [0.25, 0.3) is 0 Å². The number of carbonyl (C=O) groups is 2. The number of ketones is 1. The molecule has 2 aliphatic heterocycles. The Morgan fingerprint density at radius 3 is 2.68 bits per heavy atom. The normalized spacial score (nSPS) is 19.6. The highest BCUT2D eigenvalue weighted by Crippen LogP contribution is 2.32. The number of piperazine rings is 1. The van der Waals surface area contributed by atoms with Crippen molar-refractivity contribution in [2.45, 2.75) is 19.1 Å². The SMILES string of the molecule is Cc1ccccc1N1CCN(CC(O)COc2ccc3c(c2)OC(C(N)=O)C3=O)CC1. The third kappa shape index (κ3) is 4.65. The van der Waals surface area contributed by atoms with Crippen LogP contribution in [0.3, 0.4) is 0 Å². The lowest BCUT2D eigenvalue weighted by atomic mass is 10.1. The van der Waals surface area contributed by atoms with E-state index < -0.39 is 23.9 Å². The summed E-state index contributed by atoms with van der Waals surface area (Å²) in [7, 11) is 0. The van der Waals surface area contributed by atoms with Crippen molar-refractivity contribution in [3.63, 3.8) is 0 Å². The highest BCUT2D eigenvalue weighted by atomic mass is 16.5. The highest BCUT2D eigenvalue weighted by Gasteiger charge is 2.36. The van der Waals surface area contributed by atoms with E-state index in [1.165, 1.54) is 11.3 Å². The van der Waals surface area contributed by atoms with E-state index in [1.807, 2.05) is 6.07 Å². The molecule has 164 valence electrons. The summed E-state index contributed by atoms with van der Waals surface area (Å²) in [4.78, 5) is 27.9. The Morgan fingerprint density at radius 2 is 1.97 bits per heavy atom. The molecule has 0 spiro atoms. The molecule has 2 atom stereocenters. The first-order valence-electron chi connectivity index (χ1n) is 10.4. The second-order valence-electron chi connectivity index (χ2n) is 7.96. The molecule has 0 bridgehead atoms. The minimum Gasteiger partial charge on any atom is -0.491 e. The van der Waals surface area contributed by atoms with Gasteiger partial charge in [-0.05, 0) is 30.7 Å². The summed E-state index contributed by atoms with van der Waals surface area (Å²) in [5, 5.41) is 10.4. The first-order chi connectivity index (χ1) is 14.9. The van der Waals surface area contributed by atoms with Crippen LogP contribution < -0.4 is 20.1 Å². The quantitative estimate of drug-likeness (QED) is 0.637. The Hall–Kier alpha value is -3.10. The van der Waals surface area contributed by atoms with Crippen LogP contribution in [0, 0.1) is 6.92 Å². The number of aliphatic hydroxyl groups is 1. The number of nitrogens with zero attached hydrogens (tertiary/aromatic N) is 2. The fourth-order valence-electron chi connectivity index (χ4n) is 4.04. The molecule has 2 aromatic carbocycles. The fourth-order valence-corrected chi connectivity index (χ4v) is 4.04. The number of amides is 1. The van der Waals surface area contributed by atoms with E-state index in [0.29, 0.717) is 17.9 Å². The van der Waals surface area contributed by atoms with E-state index >= 15 is 0 Å². The maximum absolute atomic E-state index is 12.1. The number of β-amino-alcohol motifs (C(OH)–C–C–N with tert-alkyl or cyclic N) is 1. The number of aryl methyl sites for hydroxylation is 1. The average Bonchev–Trinajstić information content (AvgIpc) is 3.09. The van der Waals surface area contributed by atoms with Crippen LogP contribution in [-0.2, 0) is 4.79 Å². The predicted molar refractivity (Wildman–Crippen MR) is 116 cm³/mol. The second-order valence-corrected chi connectivity index (χ2v) is 7.96. The number of benzene rings is 2. The summed E-state index contributed by atoms with van der Waals surface area (Å²) in [6, 6.07) is 13.1. The van der Waals surface area contributed by atoms with Crippen LogP contribution >= 0.6 is 0 Å². The molecule has 2 unspecified atom stereocenters. The number of primary amides is 1. The lowest BCUT2D eigenvalue weighted by Crippen LogP contribution is -2.49. The molecule has 31 heavy (non-hydrogen) atoms. The maximum Gasteiger partial charge on any atom is 0.266 e. The molecule has 2 aliphatic rings. The second kappa shape index (κ2) is 8.95. The molecular weight excluding hydrogens is 398 g/mol. The molecule has 3 N–H and O–H groups in total. The standard InChI is InChI=1S/C23H27N3O5/c1-15-4-2-3-5-19(15)26-10-8-25(9-11-26)13-16(27)14-30-17-6-7-18-20(12-17)31-22(21(18)28)23(24)29/h2-7,12,16,22,27H,8-11,13-14H2,1H3,(H2,24,29). The van der Waals surface area contributed by atoms with Crippen LogP contribution in [-0.4, -0.2) is 73.2 Å². The number of carbonyl (C=O) groups excluding carboxylic acids is 2. The van der Waals surface area contributed by atoms with Crippen LogP contribution in [0.5, 0.6) is 11.5 Å². The van der Waals surface area contributed by atoms with Gasteiger partial charge in [0.15, 0.2) is 0 Å². The zero-order valence-electron chi connectivity index (χ0n) is 17.5. The van der Waals surface area contributed by atoms with Crippen molar-refractivity contribution in [2.75, 3.05) is 44.2 Å². The van der Waals surface area contributed by atoms with Gasteiger partial charge >= 0.3 is 0 Å². The Bertz CT molecular complexity index is 971. The highest BCUT2D eigenvalue weighted by molar-refractivity contribution is 6.16. The van der Waals surface area contributed by atoms with Crippen molar-refractivity contribution >= 4 is 17.4 Å². The number of ether oxygens (including phenoxy) is 2. The van der Waals surface area contributed by atoms with Gasteiger partial charge in [0.05, 0.1) is 5.56 Å². The van der Waals surface area contributed by atoms with E-state index in [0.717, 1.165) is 26.2 Å². The number of rotatable bonds is 7. The first kappa shape index (κ1) is 21.1. The fraction of sp³-hybridized carbons (Fsp3) is 0.391. The molecule has 0 aliphatic carbocycles. The monoisotopic (exact) mass is 425 g/mol. The lowest BCUT2D eigenvalue weighted by Gasteiger charge is -2.37. The van der Waals surface area contributed by atoms with Gasteiger partial charge in [-0.3, -0.25) is 14.5 Å². The van der Waals surface area contributed by atoms with Gasteiger partial charge in [-0.1, -0.05) is 18.2 Å². The number of hydrogen-bond acceptors (Lipinski definition) is 7. The summed E-state index contributed by atoms with van der Waals surface area (Å²) < 4.78 is 11.0. The number of fused-ring (bicyclic) bond motifs is 1. The molecule has 2 aromatic rings. The molecule has 0 aromatic heterocycles. The third-order valence-corrected chi connectivity index (χ3v) is 5.70. The third-order valence-electron chi connectivity index (χ3n) is 5.70. The minimum atomic E-state index is -1.28. The van der Waals surface area contributed by atoms with E-state index in [1.54, 1.807) is 18.2 Å². The van der Waals surface area contributed by atoms with Crippen molar-refractivity contribution in [1.82, 2.24) is 4.90 Å². The Kier molecular flexibility index (Phi) is 6.11. The molecule has 1 amide bonds. The summed E-state index contributed by atoms with van der Waals surface area (Å²) in [6.07, 6.45) is -1.94. The largest absolute Gasteiger partial charge is 0.491 e. The van der Waals surface area contributed by atoms with Gasteiger partial charge in [-0.15, -0.1) is 0 Å². The first-order valence-corrected chi connectivity index (χ1v) is 10.4. The van der Waals surface area contributed by atoms with Gasteiger partial charge in [-0.25, -0.2) is 0 Å². The van der Waals surface area contributed by atoms with Crippen LogP contribution in [0.1, 0.15) is 15.9 Å². The minimum absolute atomic E-state index is 0.115. The number of para-hydroxylation sites is 1. The molecule has 0 saturated carbocycles. The summed E-state index contributed by atoms with van der Waals surface area (Å²) in [5.41, 5.74) is 8.03. The van der Waals surface area contributed by atoms with Crippen molar-refractivity contribution in [3.8, 4) is 11.5 Å². The number of nitrogens with two attached hydrogens (primary N) is 1. The van der Waals surface area contributed by atoms with Gasteiger partial charge in [0.25, 0.3) is 5.91 Å². The smallest absolute Gasteiger partial charge is 0.266 e. The molecule has 0 radical (unpaired) electrons.